The lowest BCUT2D eigenvalue weighted by atomic mass is 10.1. The lowest BCUT2D eigenvalue weighted by Gasteiger charge is -2.13. The van der Waals surface area contributed by atoms with E-state index in [1.807, 2.05) is 13.8 Å². The second-order valence-corrected chi connectivity index (χ2v) is 7.41. The van der Waals surface area contributed by atoms with Crippen LogP contribution in [0.25, 0.3) is 0 Å². The van der Waals surface area contributed by atoms with E-state index in [2.05, 4.69) is 4.72 Å². The van der Waals surface area contributed by atoms with Crippen molar-refractivity contribution in [3.05, 3.63) is 23.3 Å². The molecule has 0 amide bonds. The van der Waals surface area contributed by atoms with Crippen molar-refractivity contribution in [2.75, 3.05) is 12.3 Å². The summed E-state index contributed by atoms with van der Waals surface area (Å²) in [4.78, 5) is 0.205. The molecule has 1 fully saturated rings. The molecule has 0 saturated heterocycles. The van der Waals surface area contributed by atoms with Crippen LogP contribution in [0.4, 0.5) is 5.69 Å². The van der Waals surface area contributed by atoms with Gasteiger partial charge in [0.25, 0.3) is 0 Å². The Morgan fingerprint density at radius 3 is 2.60 bits per heavy atom. The van der Waals surface area contributed by atoms with Crippen LogP contribution in [0.2, 0.25) is 0 Å². The minimum Gasteiger partial charge on any atom is -0.398 e. The predicted octanol–water partition coefficient (Wildman–Crippen LogP) is 1.32. The first-order valence-electron chi connectivity index (χ1n) is 6.84. The number of aliphatic hydroxyl groups excluding tert-OH is 1. The second kappa shape index (κ2) is 5.71. The van der Waals surface area contributed by atoms with Gasteiger partial charge in [-0.15, -0.1) is 0 Å². The Labute approximate surface area is 120 Å². The van der Waals surface area contributed by atoms with Crippen LogP contribution >= 0.6 is 0 Å². The molecule has 0 spiro atoms. The van der Waals surface area contributed by atoms with E-state index in [-0.39, 0.29) is 16.9 Å². The molecule has 1 aromatic carbocycles. The van der Waals surface area contributed by atoms with Crippen LogP contribution in [-0.2, 0) is 10.0 Å². The van der Waals surface area contributed by atoms with Crippen molar-refractivity contribution in [1.29, 1.82) is 0 Å². The molecule has 0 radical (unpaired) electrons. The molecule has 5 nitrogen and oxygen atoms in total. The zero-order valence-corrected chi connectivity index (χ0v) is 12.7. The maximum Gasteiger partial charge on any atom is 0.240 e. The zero-order valence-electron chi connectivity index (χ0n) is 11.9. The third-order valence-corrected chi connectivity index (χ3v) is 5.47. The van der Waals surface area contributed by atoms with Crippen LogP contribution in [0.5, 0.6) is 0 Å². The Balaban J connectivity index is 2.10. The third-order valence-electron chi connectivity index (χ3n) is 4.07. The number of aliphatic hydroxyl groups is 1. The summed E-state index contributed by atoms with van der Waals surface area (Å²) in [6, 6.07) is 3.13. The maximum absolute atomic E-state index is 12.3. The molecule has 4 N–H and O–H groups in total. The van der Waals surface area contributed by atoms with Crippen molar-refractivity contribution >= 4 is 15.7 Å². The average Bonchev–Trinajstić information content (AvgIpc) is 2.79. The van der Waals surface area contributed by atoms with Gasteiger partial charge in [0.05, 0.1) is 11.0 Å². The number of nitrogens with one attached hydrogen (secondary N) is 1. The number of anilines is 1. The number of nitrogen functional groups attached to an aromatic ring is 1. The Morgan fingerprint density at radius 2 is 2.05 bits per heavy atom. The van der Waals surface area contributed by atoms with Gasteiger partial charge in [-0.05, 0) is 62.3 Å². The van der Waals surface area contributed by atoms with Gasteiger partial charge < -0.3 is 10.8 Å². The molecule has 0 aliphatic heterocycles. The van der Waals surface area contributed by atoms with Gasteiger partial charge >= 0.3 is 0 Å². The first kappa shape index (κ1) is 15.3. The molecular formula is C14H22N2O3S. The highest BCUT2D eigenvalue weighted by molar-refractivity contribution is 7.89. The summed E-state index contributed by atoms with van der Waals surface area (Å²) >= 11 is 0. The van der Waals surface area contributed by atoms with Gasteiger partial charge in [0.1, 0.15) is 0 Å². The van der Waals surface area contributed by atoms with Gasteiger partial charge in [-0.3, -0.25) is 0 Å². The van der Waals surface area contributed by atoms with Gasteiger partial charge in [-0.2, -0.15) is 0 Å². The molecule has 2 rings (SSSR count). The largest absolute Gasteiger partial charge is 0.398 e. The van der Waals surface area contributed by atoms with Gasteiger partial charge in [-0.25, -0.2) is 13.1 Å². The van der Waals surface area contributed by atoms with Crippen molar-refractivity contribution in [3.8, 4) is 0 Å². The molecule has 20 heavy (non-hydrogen) atoms. The van der Waals surface area contributed by atoms with E-state index in [0.717, 1.165) is 24.0 Å². The van der Waals surface area contributed by atoms with Gasteiger partial charge in [0.2, 0.25) is 10.0 Å². The zero-order chi connectivity index (χ0) is 14.9. The summed E-state index contributed by atoms with van der Waals surface area (Å²) in [7, 11) is -3.54. The molecule has 1 aliphatic rings. The smallest absolute Gasteiger partial charge is 0.240 e. The summed E-state index contributed by atoms with van der Waals surface area (Å²) in [5.74, 6) is 0.212. The highest BCUT2D eigenvalue weighted by Crippen LogP contribution is 2.26. The molecule has 2 unspecified atom stereocenters. The number of sulfonamides is 1. The SMILES string of the molecule is Cc1cc(S(=O)(=O)NCC2CCC(O)C2)cc(N)c1C. The monoisotopic (exact) mass is 298 g/mol. The Morgan fingerprint density at radius 1 is 1.35 bits per heavy atom. The molecule has 1 saturated carbocycles. The van der Waals surface area contributed by atoms with Crippen LogP contribution in [0.1, 0.15) is 30.4 Å². The summed E-state index contributed by atoms with van der Waals surface area (Å²) < 4.78 is 27.1. The Bertz CT molecular complexity index is 575. The van der Waals surface area contributed by atoms with E-state index in [0.29, 0.717) is 18.7 Å². The fourth-order valence-corrected chi connectivity index (χ4v) is 3.79. The average molecular weight is 298 g/mol. The van der Waals surface area contributed by atoms with Crippen LogP contribution in [-0.4, -0.2) is 26.2 Å². The van der Waals surface area contributed by atoms with Gasteiger partial charge in [0, 0.05) is 12.2 Å². The van der Waals surface area contributed by atoms with Crippen molar-refractivity contribution in [2.24, 2.45) is 5.92 Å². The molecular weight excluding hydrogens is 276 g/mol. The highest BCUT2D eigenvalue weighted by Gasteiger charge is 2.25. The fourth-order valence-electron chi connectivity index (χ4n) is 2.55. The summed E-state index contributed by atoms with van der Waals surface area (Å²) in [5.41, 5.74) is 8.09. The van der Waals surface area contributed by atoms with E-state index in [9.17, 15) is 13.5 Å². The number of nitrogens with two attached hydrogens (primary N) is 1. The number of aryl methyl sites for hydroxylation is 1. The van der Waals surface area contributed by atoms with Crippen LogP contribution in [0, 0.1) is 19.8 Å². The van der Waals surface area contributed by atoms with Crippen LogP contribution < -0.4 is 10.5 Å². The topological polar surface area (TPSA) is 92.4 Å². The number of rotatable bonds is 4. The quantitative estimate of drug-likeness (QED) is 0.731. The number of hydrogen-bond donors (Lipinski definition) is 3. The van der Waals surface area contributed by atoms with E-state index >= 15 is 0 Å². The molecule has 0 bridgehead atoms. The summed E-state index contributed by atoms with van der Waals surface area (Å²) in [6.07, 6.45) is 1.99. The lowest BCUT2D eigenvalue weighted by molar-refractivity contribution is 0.178. The first-order valence-corrected chi connectivity index (χ1v) is 8.32. The maximum atomic E-state index is 12.3. The predicted molar refractivity (Wildman–Crippen MR) is 78.9 cm³/mol. The molecule has 0 heterocycles. The summed E-state index contributed by atoms with van der Waals surface area (Å²) in [6.45, 7) is 4.08. The molecule has 1 aliphatic carbocycles. The van der Waals surface area contributed by atoms with Crippen molar-refractivity contribution in [2.45, 2.75) is 44.1 Å². The molecule has 6 heteroatoms. The van der Waals surface area contributed by atoms with Crippen molar-refractivity contribution < 1.29 is 13.5 Å². The van der Waals surface area contributed by atoms with Crippen molar-refractivity contribution in [3.63, 3.8) is 0 Å². The van der Waals surface area contributed by atoms with Crippen LogP contribution in [0.15, 0.2) is 17.0 Å². The summed E-state index contributed by atoms with van der Waals surface area (Å²) in [5, 5.41) is 9.46. The van der Waals surface area contributed by atoms with E-state index < -0.39 is 10.0 Å². The Hall–Kier alpha value is -1.11. The van der Waals surface area contributed by atoms with Crippen LogP contribution in [0.3, 0.4) is 0 Å². The third kappa shape index (κ3) is 3.31. The van der Waals surface area contributed by atoms with E-state index in [1.165, 1.54) is 6.07 Å². The molecule has 112 valence electrons. The first-order chi connectivity index (χ1) is 9.29. The van der Waals surface area contributed by atoms with E-state index in [4.69, 9.17) is 5.73 Å². The lowest BCUT2D eigenvalue weighted by Crippen LogP contribution is -2.29. The highest BCUT2D eigenvalue weighted by atomic mass is 32.2. The fraction of sp³-hybridized carbons (Fsp3) is 0.571. The molecule has 2 atom stereocenters. The normalized spacial score (nSPS) is 23.1. The number of hydrogen-bond acceptors (Lipinski definition) is 4. The van der Waals surface area contributed by atoms with E-state index in [1.54, 1.807) is 6.07 Å². The minimum absolute atomic E-state index is 0.205. The second-order valence-electron chi connectivity index (χ2n) is 5.64. The molecule has 0 aromatic heterocycles. The van der Waals surface area contributed by atoms with Crippen molar-refractivity contribution in [1.82, 2.24) is 4.72 Å². The van der Waals surface area contributed by atoms with Gasteiger partial charge in [0.15, 0.2) is 0 Å². The molecule has 1 aromatic rings. The number of benzene rings is 1. The standard InChI is InChI=1S/C14H22N2O3S/c1-9-5-13(7-14(15)10(9)2)20(18,19)16-8-11-3-4-12(17)6-11/h5,7,11-12,16-17H,3-4,6,8,15H2,1-2H3. The minimum atomic E-state index is -3.54. The Kier molecular flexibility index (Phi) is 4.36. The van der Waals surface area contributed by atoms with Gasteiger partial charge in [-0.1, -0.05) is 0 Å².